The van der Waals surface area contributed by atoms with Gasteiger partial charge in [0.1, 0.15) is 0 Å². The van der Waals surface area contributed by atoms with Crippen LogP contribution < -0.4 is 5.32 Å². The predicted octanol–water partition coefficient (Wildman–Crippen LogP) is 4.04. The van der Waals surface area contributed by atoms with Crippen molar-refractivity contribution in [1.29, 1.82) is 0 Å². The van der Waals surface area contributed by atoms with Gasteiger partial charge in [-0.05, 0) is 18.1 Å². The summed E-state index contributed by atoms with van der Waals surface area (Å²) in [6.45, 7) is 3.81. The van der Waals surface area contributed by atoms with E-state index in [1.165, 1.54) is 11.3 Å². The van der Waals surface area contributed by atoms with Crippen LogP contribution in [0.15, 0.2) is 24.4 Å². The van der Waals surface area contributed by atoms with E-state index in [1.807, 2.05) is 32.0 Å². The van der Waals surface area contributed by atoms with Crippen molar-refractivity contribution in [2.75, 3.05) is 5.32 Å². The van der Waals surface area contributed by atoms with Crippen LogP contribution in [0.2, 0.25) is 5.02 Å². The molecule has 100 valence electrons. The molecular formula is C14H15ClN2OS. The van der Waals surface area contributed by atoms with Crippen molar-refractivity contribution in [2.24, 2.45) is 0 Å². The third-order valence-corrected chi connectivity index (χ3v) is 4.21. The number of carbonyl (C=O) groups is 1. The molecule has 0 unspecified atom stereocenters. The third-order valence-electron chi connectivity index (χ3n) is 2.76. The van der Waals surface area contributed by atoms with Crippen molar-refractivity contribution >= 4 is 34.0 Å². The second-order valence-corrected chi connectivity index (χ2v) is 5.75. The number of nitrogens with zero attached hydrogens (tertiary/aromatic N) is 1. The van der Waals surface area contributed by atoms with E-state index in [4.69, 9.17) is 11.6 Å². The molecule has 5 heteroatoms. The summed E-state index contributed by atoms with van der Waals surface area (Å²) in [5.74, 6) is -0.0190. The predicted molar refractivity (Wildman–Crippen MR) is 80.0 cm³/mol. The Hall–Kier alpha value is -1.39. The van der Waals surface area contributed by atoms with E-state index in [-0.39, 0.29) is 5.91 Å². The zero-order valence-electron chi connectivity index (χ0n) is 10.9. The van der Waals surface area contributed by atoms with Crippen molar-refractivity contribution in [1.82, 2.24) is 4.98 Å². The van der Waals surface area contributed by atoms with Crippen LogP contribution in [0.5, 0.6) is 0 Å². The van der Waals surface area contributed by atoms with Crippen LogP contribution in [-0.4, -0.2) is 10.9 Å². The molecule has 2 rings (SSSR count). The summed E-state index contributed by atoms with van der Waals surface area (Å²) in [5.41, 5.74) is 2.15. The van der Waals surface area contributed by atoms with Gasteiger partial charge in [0.05, 0.1) is 0 Å². The molecule has 1 aromatic heterocycles. The zero-order valence-corrected chi connectivity index (χ0v) is 12.4. The molecule has 0 fully saturated rings. The highest BCUT2D eigenvalue weighted by atomic mass is 35.5. The van der Waals surface area contributed by atoms with Gasteiger partial charge < -0.3 is 5.32 Å². The number of hydrogen-bond donors (Lipinski definition) is 1. The van der Waals surface area contributed by atoms with Gasteiger partial charge in [0.2, 0.25) is 5.91 Å². The van der Waals surface area contributed by atoms with Gasteiger partial charge in [0.15, 0.2) is 5.13 Å². The number of halogens is 1. The Balaban J connectivity index is 2.11. The van der Waals surface area contributed by atoms with Crippen LogP contribution >= 0.6 is 22.9 Å². The zero-order chi connectivity index (χ0) is 13.8. The first-order valence-corrected chi connectivity index (χ1v) is 7.28. The smallest absolute Gasteiger partial charge is 0.225 e. The van der Waals surface area contributed by atoms with Gasteiger partial charge in [0, 0.05) is 28.9 Å². The topological polar surface area (TPSA) is 42.0 Å². The lowest BCUT2D eigenvalue weighted by atomic mass is 10.1. The van der Waals surface area contributed by atoms with Crippen LogP contribution in [0.3, 0.4) is 0 Å². The molecule has 0 atom stereocenters. The van der Waals surface area contributed by atoms with Gasteiger partial charge in [-0.3, -0.25) is 4.79 Å². The maximum atomic E-state index is 11.3. The Labute approximate surface area is 121 Å². The minimum Gasteiger partial charge on any atom is -0.302 e. The molecule has 0 aliphatic heterocycles. The highest BCUT2D eigenvalue weighted by molar-refractivity contribution is 7.15. The monoisotopic (exact) mass is 294 g/mol. The second kappa shape index (κ2) is 6.17. The molecule has 2 aromatic rings. The van der Waals surface area contributed by atoms with Gasteiger partial charge in [0.25, 0.3) is 0 Å². The number of rotatable bonds is 4. The molecule has 0 aliphatic carbocycles. The number of hydrogen-bond acceptors (Lipinski definition) is 3. The van der Waals surface area contributed by atoms with Gasteiger partial charge in [-0.1, -0.05) is 36.7 Å². The number of aromatic nitrogens is 1. The van der Waals surface area contributed by atoms with Gasteiger partial charge in [-0.15, -0.1) is 11.3 Å². The molecule has 1 aromatic carbocycles. The standard InChI is InChI=1S/C14H15ClN2OS/c1-3-12(18)17-14-16-8-11(19-14)7-10-6-4-5-9(2)13(10)15/h4-6,8H,3,7H2,1-2H3,(H,16,17,18). The quantitative estimate of drug-likeness (QED) is 0.924. The lowest BCUT2D eigenvalue weighted by molar-refractivity contribution is -0.115. The Morgan fingerprint density at radius 3 is 3.00 bits per heavy atom. The summed E-state index contributed by atoms with van der Waals surface area (Å²) in [7, 11) is 0. The first-order chi connectivity index (χ1) is 9.10. The van der Waals surface area contributed by atoms with Crippen LogP contribution in [-0.2, 0) is 11.2 Å². The highest BCUT2D eigenvalue weighted by Gasteiger charge is 2.08. The molecule has 0 bridgehead atoms. The first kappa shape index (κ1) is 14.0. The van der Waals surface area contributed by atoms with Crippen LogP contribution in [0.25, 0.3) is 0 Å². The summed E-state index contributed by atoms with van der Waals surface area (Å²) >= 11 is 7.76. The van der Waals surface area contributed by atoms with Gasteiger partial charge >= 0.3 is 0 Å². The van der Waals surface area contributed by atoms with Crippen molar-refractivity contribution < 1.29 is 4.79 Å². The number of anilines is 1. The first-order valence-electron chi connectivity index (χ1n) is 6.08. The van der Waals surface area contributed by atoms with Crippen molar-refractivity contribution in [2.45, 2.75) is 26.7 Å². The van der Waals surface area contributed by atoms with E-state index in [2.05, 4.69) is 10.3 Å². The minimum absolute atomic E-state index is 0.0190. The molecule has 3 nitrogen and oxygen atoms in total. The number of carbonyl (C=O) groups excluding carboxylic acids is 1. The van der Waals surface area contributed by atoms with Crippen LogP contribution in [0, 0.1) is 6.92 Å². The number of aryl methyl sites for hydroxylation is 1. The minimum atomic E-state index is -0.0190. The number of thiazole rings is 1. The highest BCUT2D eigenvalue weighted by Crippen LogP contribution is 2.26. The van der Waals surface area contributed by atoms with Crippen LogP contribution in [0.1, 0.15) is 29.3 Å². The van der Waals surface area contributed by atoms with E-state index < -0.39 is 0 Å². The summed E-state index contributed by atoms with van der Waals surface area (Å²) in [6, 6.07) is 6.00. The summed E-state index contributed by atoms with van der Waals surface area (Å²) in [6.07, 6.45) is 2.98. The molecule has 1 amide bonds. The molecule has 0 radical (unpaired) electrons. The van der Waals surface area contributed by atoms with Crippen molar-refractivity contribution in [3.63, 3.8) is 0 Å². The number of amides is 1. The van der Waals surface area contributed by atoms with Crippen molar-refractivity contribution in [3.05, 3.63) is 45.4 Å². The summed E-state index contributed by atoms with van der Waals surface area (Å²) in [4.78, 5) is 16.6. The fourth-order valence-electron chi connectivity index (χ4n) is 1.69. The Kier molecular flexibility index (Phi) is 4.56. The van der Waals surface area contributed by atoms with Crippen LogP contribution in [0.4, 0.5) is 5.13 Å². The summed E-state index contributed by atoms with van der Waals surface area (Å²) in [5, 5.41) is 4.20. The molecule has 0 saturated heterocycles. The molecule has 0 spiro atoms. The Morgan fingerprint density at radius 2 is 2.26 bits per heavy atom. The molecule has 19 heavy (non-hydrogen) atoms. The molecular weight excluding hydrogens is 280 g/mol. The maximum Gasteiger partial charge on any atom is 0.225 e. The Morgan fingerprint density at radius 1 is 1.47 bits per heavy atom. The lowest BCUT2D eigenvalue weighted by Crippen LogP contribution is -2.08. The second-order valence-electron chi connectivity index (χ2n) is 4.26. The van der Waals surface area contributed by atoms with E-state index in [9.17, 15) is 4.79 Å². The van der Waals surface area contributed by atoms with Crippen molar-refractivity contribution in [3.8, 4) is 0 Å². The average Bonchev–Trinajstić information content (AvgIpc) is 2.82. The molecule has 1 heterocycles. The van der Waals surface area contributed by atoms with E-state index in [0.29, 0.717) is 11.6 Å². The van der Waals surface area contributed by atoms with E-state index in [1.54, 1.807) is 6.20 Å². The van der Waals surface area contributed by atoms with E-state index >= 15 is 0 Å². The molecule has 1 N–H and O–H groups in total. The van der Waals surface area contributed by atoms with Gasteiger partial charge in [-0.2, -0.15) is 0 Å². The fraction of sp³-hybridized carbons (Fsp3) is 0.286. The molecule has 0 saturated carbocycles. The normalized spacial score (nSPS) is 10.5. The summed E-state index contributed by atoms with van der Waals surface area (Å²) < 4.78 is 0. The lowest BCUT2D eigenvalue weighted by Gasteiger charge is -2.04. The molecule has 0 aliphatic rings. The maximum absolute atomic E-state index is 11.3. The largest absolute Gasteiger partial charge is 0.302 e. The fourth-order valence-corrected chi connectivity index (χ4v) is 2.73. The average molecular weight is 295 g/mol. The SMILES string of the molecule is CCC(=O)Nc1ncc(Cc2cccc(C)c2Cl)s1. The third kappa shape index (κ3) is 3.55. The Bertz CT molecular complexity index is 595. The number of nitrogens with one attached hydrogen (secondary N) is 1. The number of benzene rings is 1. The van der Waals surface area contributed by atoms with E-state index in [0.717, 1.165) is 27.4 Å². The van der Waals surface area contributed by atoms with Gasteiger partial charge in [-0.25, -0.2) is 4.98 Å².